The van der Waals surface area contributed by atoms with E-state index >= 15 is 0 Å². The van der Waals surface area contributed by atoms with Crippen molar-refractivity contribution in [3.8, 4) is 22.8 Å². The molecule has 4 amide bonds. The third kappa shape index (κ3) is 15.0. The number of benzene rings is 4. The summed E-state index contributed by atoms with van der Waals surface area (Å²) in [5.41, 5.74) is 2.86. The second kappa shape index (κ2) is 27.0. The molecule has 0 aliphatic carbocycles. The van der Waals surface area contributed by atoms with Crippen LogP contribution in [0, 0.1) is 5.92 Å². The van der Waals surface area contributed by atoms with E-state index in [1.165, 1.54) is 18.2 Å². The second-order valence-corrected chi connectivity index (χ2v) is 16.4. The molecule has 0 radical (unpaired) electrons. The third-order valence-corrected chi connectivity index (χ3v) is 11.4. The first-order valence-electron chi connectivity index (χ1n) is 23.7. The molecule has 376 valence electrons. The van der Waals surface area contributed by atoms with Gasteiger partial charge < -0.3 is 39.4 Å². The van der Waals surface area contributed by atoms with E-state index in [-0.39, 0.29) is 61.3 Å². The molecule has 0 spiro atoms. The summed E-state index contributed by atoms with van der Waals surface area (Å²) in [7, 11) is 0. The standard InChI is InChI=1S/C54H58N6O12/c1-4-7-10-20-42(45(5-2)60(36-61)72-53(66)39-21-24-41(25-22-39)59-30-15-29-57-59)50(63)55-35-56-52(65)47-28-27-46(71-47)40-23-26-43(48(31-40)68-6-3)51(64)58-44(54(67)70-34-38-18-13-9-14-19-38)32-49(62)69-33-37-16-11-8-12-17-37/h8-9,11-19,21-31,36,42,44-45H,4-7,10,20,32-35H2,1-3H3,(H,55,63)(H,56,65)(H,58,64)/t42-,44+,45-/m1/s1. The first-order chi connectivity index (χ1) is 35.0. The van der Waals surface area contributed by atoms with E-state index in [1.807, 2.05) is 19.1 Å². The highest BCUT2D eigenvalue weighted by molar-refractivity contribution is 6.00. The Kier molecular flexibility index (Phi) is 19.8. The Hall–Kier alpha value is -8.54. The number of unbranched alkanes of at least 4 members (excludes halogenated alkanes) is 2. The van der Waals surface area contributed by atoms with Gasteiger partial charge in [0.05, 0.1) is 48.5 Å². The molecule has 2 aromatic heterocycles. The zero-order valence-electron chi connectivity index (χ0n) is 40.3. The van der Waals surface area contributed by atoms with Crippen LogP contribution in [-0.4, -0.2) is 82.2 Å². The third-order valence-electron chi connectivity index (χ3n) is 11.4. The van der Waals surface area contributed by atoms with E-state index < -0.39 is 60.1 Å². The van der Waals surface area contributed by atoms with Gasteiger partial charge in [0.2, 0.25) is 12.3 Å². The van der Waals surface area contributed by atoms with Crippen LogP contribution in [0.15, 0.2) is 138 Å². The van der Waals surface area contributed by atoms with Crippen molar-refractivity contribution in [3.63, 3.8) is 0 Å². The summed E-state index contributed by atoms with van der Waals surface area (Å²) < 4.78 is 24.3. The van der Waals surface area contributed by atoms with Gasteiger partial charge in [-0.2, -0.15) is 10.2 Å². The quantitative estimate of drug-likeness (QED) is 0.0149. The lowest BCUT2D eigenvalue weighted by Gasteiger charge is -2.31. The normalized spacial score (nSPS) is 12.0. The van der Waals surface area contributed by atoms with Gasteiger partial charge in [-0.05, 0) is 85.5 Å². The number of carbonyl (C=O) groups excluding carboxylic acids is 7. The average Bonchev–Trinajstić information content (AvgIpc) is 4.14. The van der Waals surface area contributed by atoms with E-state index in [0.29, 0.717) is 30.4 Å². The Morgan fingerprint density at radius 2 is 1.49 bits per heavy atom. The summed E-state index contributed by atoms with van der Waals surface area (Å²) in [4.78, 5) is 98.4. The Bertz CT molecular complexity index is 2730. The zero-order chi connectivity index (χ0) is 51.2. The summed E-state index contributed by atoms with van der Waals surface area (Å²) in [6.45, 7) is 5.28. The minimum absolute atomic E-state index is 0.0305. The molecule has 4 aromatic carbocycles. The molecular weight excluding hydrogens is 925 g/mol. The zero-order valence-corrected chi connectivity index (χ0v) is 40.3. The summed E-state index contributed by atoms with van der Waals surface area (Å²) in [5.74, 6) is -4.69. The van der Waals surface area contributed by atoms with Crippen molar-refractivity contribution in [2.24, 2.45) is 5.92 Å². The van der Waals surface area contributed by atoms with Crippen LogP contribution in [0.5, 0.6) is 5.75 Å². The number of amides is 4. The molecule has 3 N–H and O–H groups in total. The number of hydroxylamine groups is 2. The number of nitrogens with zero attached hydrogens (tertiary/aromatic N) is 3. The van der Waals surface area contributed by atoms with Gasteiger partial charge in [-0.15, -0.1) is 0 Å². The van der Waals surface area contributed by atoms with Gasteiger partial charge in [-0.25, -0.2) is 14.3 Å². The van der Waals surface area contributed by atoms with Gasteiger partial charge in [0, 0.05) is 18.0 Å². The Labute approximate surface area is 416 Å². The fourth-order valence-corrected chi connectivity index (χ4v) is 7.65. The molecule has 18 nitrogen and oxygen atoms in total. The summed E-state index contributed by atoms with van der Waals surface area (Å²) in [5, 5.41) is 13.0. The van der Waals surface area contributed by atoms with Crippen LogP contribution in [0.3, 0.4) is 0 Å². The number of aromatic nitrogens is 2. The lowest BCUT2D eigenvalue weighted by atomic mass is 9.90. The second-order valence-electron chi connectivity index (χ2n) is 16.4. The van der Waals surface area contributed by atoms with Crippen LogP contribution in [0.25, 0.3) is 17.0 Å². The van der Waals surface area contributed by atoms with Gasteiger partial charge in [0.1, 0.15) is 30.8 Å². The highest BCUT2D eigenvalue weighted by Crippen LogP contribution is 2.30. The predicted molar refractivity (Wildman–Crippen MR) is 263 cm³/mol. The molecule has 6 rings (SSSR count). The maximum atomic E-state index is 13.8. The van der Waals surface area contributed by atoms with Gasteiger partial charge in [-0.3, -0.25) is 24.0 Å². The molecule has 72 heavy (non-hydrogen) atoms. The molecule has 3 atom stereocenters. The highest BCUT2D eigenvalue weighted by atomic mass is 16.7. The molecule has 6 aromatic rings. The number of hydrogen-bond donors (Lipinski definition) is 3. The maximum Gasteiger partial charge on any atom is 0.363 e. The smallest absolute Gasteiger partial charge is 0.363 e. The molecule has 2 heterocycles. The lowest BCUT2D eigenvalue weighted by molar-refractivity contribution is -0.171. The SMILES string of the molecule is CCCCC[C@@H](C(=O)NCNC(=O)c1ccc(-c2ccc(C(=O)N[C@@H](CC(=O)OCc3ccccc3)C(=O)OCc3ccccc3)c(OCC)c2)o1)[C@@H](CC)N(C=O)OC(=O)c1ccc(-n2cccn2)cc1. The number of carbonyl (C=O) groups is 7. The van der Waals surface area contributed by atoms with E-state index in [4.69, 9.17) is 23.5 Å². The monoisotopic (exact) mass is 982 g/mol. The molecule has 0 bridgehead atoms. The van der Waals surface area contributed by atoms with Gasteiger partial charge in [0.25, 0.3) is 11.8 Å². The maximum absolute atomic E-state index is 13.8. The number of nitrogens with one attached hydrogen (secondary N) is 3. The molecule has 18 heteroatoms. The van der Waals surface area contributed by atoms with E-state index in [1.54, 1.807) is 122 Å². The Morgan fingerprint density at radius 1 is 0.778 bits per heavy atom. The van der Waals surface area contributed by atoms with Crippen molar-refractivity contribution < 1.29 is 57.0 Å². The van der Waals surface area contributed by atoms with Gasteiger partial charge in [-0.1, -0.05) is 99.8 Å². The van der Waals surface area contributed by atoms with Crippen molar-refractivity contribution in [2.75, 3.05) is 13.3 Å². The summed E-state index contributed by atoms with van der Waals surface area (Å²) in [6, 6.07) is 31.6. The van der Waals surface area contributed by atoms with Crippen LogP contribution < -0.4 is 20.7 Å². The number of furan rings is 1. The molecule has 0 aliphatic rings. The van der Waals surface area contributed by atoms with Crippen LogP contribution in [0.2, 0.25) is 0 Å². The van der Waals surface area contributed by atoms with Gasteiger partial charge >= 0.3 is 17.9 Å². The van der Waals surface area contributed by atoms with Crippen molar-refractivity contribution in [3.05, 3.63) is 162 Å². The Balaban J connectivity index is 1.08. The van der Waals surface area contributed by atoms with E-state index in [2.05, 4.69) is 21.0 Å². The number of hydrogen-bond acceptors (Lipinski definition) is 13. The molecular formula is C54H58N6O12. The molecule has 0 unspecified atom stereocenters. The van der Waals surface area contributed by atoms with E-state index in [0.717, 1.165) is 29.2 Å². The fraction of sp³-hybridized carbons (Fsp3) is 0.296. The minimum Gasteiger partial charge on any atom is -0.493 e. The predicted octanol–water partition coefficient (Wildman–Crippen LogP) is 7.52. The number of rotatable bonds is 27. The van der Waals surface area contributed by atoms with Crippen LogP contribution in [0.1, 0.15) is 102 Å². The number of ether oxygens (including phenoxy) is 3. The molecule has 0 saturated carbocycles. The molecule has 0 aliphatic heterocycles. The lowest BCUT2D eigenvalue weighted by Crippen LogP contribution is -2.49. The first kappa shape index (κ1) is 52.8. The van der Waals surface area contributed by atoms with Crippen molar-refractivity contribution in [1.82, 2.24) is 30.8 Å². The topological polar surface area (TPSA) is 227 Å². The Morgan fingerprint density at radius 3 is 2.12 bits per heavy atom. The average molecular weight is 983 g/mol. The first-order valence-corrected chi connectivity index (χ1v) is 23.7. The van der Waals surface area contributed by atoms with Crippen LogP contribution in [0.4, 0.5) is 0 Å². The van der Waals surface area contributed by atoms with E-state index in [9.17, 15) is 33.6 Å². The fourth-order valence-electron chi connectivity index (χ4n) is 7.65. The highest BCUT2D eigenvalue weighted by Gasteiger charge is 2.34. The van der Waals surface area contributed by atoms with Crippen molar-refractivity contribution >= 4 is 42.0 Å². The molecule has 0 saturated heterocycles. The van der Waals surface area contributed by atoms with Gasteiger partial charge in [0.15, 0.2) is 5.76 Å². The summed E-state index contributed by atoms with van der Waals surface area (Å²) in [6.07, 6.45) is 6.29. The van der Waals surface area contributed by atoms with Crippen molar-refractivity contribution in [1.29, 1.82) is 0 Å². The minimum atomic E-state index is -1.41. The molecule has 0 fully saturated rings. The van der Waals surface area contributed by atoms with Crippen molar-refractivity contribution in [2.45, 2.75) is 84.6 Å². The number of esters is 2. The van der Waals surface area contributed by atoms with Crippen LogP contribution in [-0.2, 0) is 46.7 Å². The van der Waals surface area contributed by atoms with Crippen LogP contribution >= 0.6 is 0 Å². The largest absolute Gasteiger partial charge is 0.493 e. The summed E-state index contributed by atoms with van der Waals surface area (Å²) >= 11 is 0.